The van der Waals surface area contributed by atoms with Gasteiger partial charge in [0.05, 0.1) is 19.3 Å². The number of nitro groups is 1. The fourth-order valence-electron chi connectivity index (χ4n) is 1.64. The summed E-state index contributed by atoms with van der Waals surface area (Å²) in [6.45, 7) is 3.14. The summed E-state index contributed by atoms with van der Waals surface area (Å²) < 4.78 is 4.99. The van der Waals surface area contributed by atoms with E-state index in [2.05, 4.69) is 5.32 Å². The molecule has 1 atom stereocenters. The van der Waals surface area contributed by atoms with Gasteiger partial charge >= 0.3 is 0 Å². The van der Waals surface area contributed by atoms with E-state index in [4.69, 9.17) is 10.00 Å². The second-order valence-corrected chi connectivity index (χ2v) is 3.34. The van der Waals surface area contributed by atoms with Crippen molar-refractivity contribution < 1.29 is 9.66 Å². The third-order valence-electron chi connectivity index (χ3n) is 2.43. The van der Waals surface area contributed by atoms with Crippen LogP contribution in [0, 0.1) is 21.4 Å². The molecule has 1 rings (SSSR count). The molecule has 0 saturated carbocycles. The standard InChI is InChI=1S/C8H13N3O3/c1-2-10-8(5-14-6-8)7(3-4-9)11(12)13/h7,10H,2-3,5-6H2,1H3/t7-/m1/s1. The zero-order valence-corrected chi connectivity index (χ0v) is 8.02. The van der Waals surface area contributed by atoms with Crippen molar-refractivity contribution in [3.63, 3.8) is 0 Å². The highest BCUT2D eigenvalue weighted by atomic mass is 16.6. The topological polar surface area (TPSA) is 88.2 Å². The smallest absolute Gasteiger partial charge is 0.248 e. The van der Waals surface area contributed by atoms with Gasteiger partial charge in [-0.2, -0.15) is 5.26 Å². The van der Waals surface area contributed by atoms with Gasteiger partial charge in [-0.3, -0.25) is 10.1 Å². The van der Waals surface area contributed by atoms with Gasteiger partial charge in [-0.1, -0.05) is 6.92 Å². The molecular formula is C8H13N3O3. The molecule has 0 bridgehead atoms. The summed E-state index contributed by atoms with van der Waals surface area (Å²) in [7, 11) is 0. The largest absolute Gasteiger partial charge is 0.377 e. The summed E-state index contributed by atoms with van der Waals surface area (Å²) in [6, 6.07) is 0.970. The van der Waals surface area contributed by atoms with E-state index in [0.717, 1.165) is 0 Å². The first-order valence-corrected chi connectivity index (χ1v) is 4.49. The first-order valence-electron chi connectivity index (χ1n) is 4.49. The first kappa shape index (κ1) is 10.9. The highest BCUT2D eigenvalue weighted by molar-refractivity contribution is 5.03. The Hall–Kier alpha value is -1.19. The van der Waals surface area contributed by atoms with Crippen molar-refractivity contribution in [1.82, 2.24) is 5.32 Å². The number of nitriles is 1. The van der Waals surface area contributed by atoms with Gasteiger partial charge < -0.3 is 10.1 Å². The maximum absolute atomic E-state index is 10.8. The molecule has 0 unspecified atom stereocenters. The fraction of sp³-hybridized carbons (Fsp3) is 0.875. The molecule has 1 aliphatic rings. The minimum Gasteiger partial charge on any atom is -0.377 e. The van der Waals surface area contributed by atoms with Crippen molar-refractivity contribution in [1.29, 1.82) is 5.26 Å². The van der Waals surface area contributed by atoms with Crippen LogP contribution in [0.25, 0.3) is 0 Å². The van der Waals surface area contributed by atoms with Gasteiger partial charge in [0.25, 0.3) is 0 Å². The number of nitrogens with zero attached hydrogens (tertiary/aromatic N) is 2. The zero-order chi connectivity index (χ0) is 10.6. The van der Waals surface area contributed by atoms with Gasteiger partial charge in [-0.15, -0.1) is 0 Å². The van der Waals surface area contributed by atoms with Crippen molar-refractivity contribution in [2.24, 2.45) is 0 Å². The second-order valence-electron chi connectivity index (χ2n) is 3.34. The molecule has 1 heterocycles. The lowest BCUT2D eigenvalue weighted by Gasteiger charge is -2.42. The lowest BCUT2D eigenvalue weighted by atomic mass is 9.86. The molecule has 0 aromatic carbocycles. The molecule has 78 valence electrons. The van der Waals surface area contributed by atoms with Crippen LogP contribution in [0.3, 0.4) is 0 Å². The molecule has 1 fully saturated rings. The van der Waals surface area contributed by atoms with E-state index in [1.807, 2.05) is 13.0 Å². The van der Waals surface area contributed by atoms with E-state index in [1.165, 1.54) is 0 Å². The number of hydrogen-bond donors (Lipinski definition) is 1. The second kappa shape index (κ2) is 4.35. The van der Waals surface area contributed by atoms with Crippen LogP contribution < -0.4 is 5.32 Å². The van der Waals surface area contributed by atoms with Crippen molar-refractivity contribution in [2.75, 3.05) is 19.8 Å². The van der Waals surface area contributed by atoms with Crippen LogP contribution in [0.2, 0.25) is 0 Å². The number of ether oxygens (including phenoxy) is 1. The molecule has 6 nitrogen and oxygen atoms in total. The Bertz CT molecular complexity index is 257. The monoisotopic (exact) mass is 199 g/mol. The Balaban J connectivity index is 2.73. The quantitative estimate of drug-likeness (QED) is 0.494. The van der Waals surface area contributed by atoms with Gasteiger partial charge in [-0.05, 0) is 6.54 Å². The minimum atomic E-state index is -0.874. The van der Waals surface area contributed by atoms with Crippen LogP contribution in [0.1, 0.15) is 13.3 Å². The predicted molar refractivity (Wildman–Crippen MR) is 48.2 cm³/mol. The SMILES string of the molecule is CCNC1([C@@H](CC#N)[N+](=O)[O-])COC1. The normalized spacial score (nSPS) is 20.6. The molecule has 0 radical (unpaired) electrons. The van der Waals surface area contributed by atoms with Gasteiger partial charge in [0.15, 0.2) is 0 Å². The van der Waals surface area contributed by atoms with Crippen molar-refractivity contribution in [3.8, 4) is 6.07 Å². The Morgan fingerprint density at radius 3 is 2.71 bits per heavy atom. The van der Waals surface area contributed by atoms with Crippen molar-refractivity contribution in [2.45, 2.75) is 24.9 Å². The Labute approximate surface area is 82.0 Å². The summed E-state index contributed by atoms with van der Waals surface area (Å²) >= 11 is 0. The molecule has 1 N–H and O–H groups in total. The highest BCUT2D eigenvalue weighted by Crippen LogP contribution is 2.25. The summed E-state index contributed by atoms with van der Waals surface area (Å²) in [5, 5.41) is 22.3. The summed E-state index contributed by atoms with van der Waals surface area (Å²) in [5.74, 6) is 0. The molecule has 14 heavy (non-hydrogen) atoms. The first-order chi connectivity index (χ1) is 6.66. The van der Waals surface area contributed by atoms with Gasteiger partial charge in [-0.25, -0.2) is 0 Å². The molecule has 0 aromatic rings. The van der Waals surface area contributed by atoms with Crippen LogP contribution >= 0.6 is 0 Å². The van der Waals surface area contributed by atoms with Crippen LogP contribution in [0.15, 0.2) is 0 Å². The van der Waals surface area contributed by atoms with Crippen molar-refractivity contribution >= 4 is 0 Å². The third-order valence-corrected chi connectivity index (χ3v) is 2.43. The molecular weight excluding hydrogens is 186 g/mol. The highest BCUT2D eigenvalue weighted by Gasteiger charge is 2.52. The summed E-state index contributed by atoms with van der Waals surface area (Å²) in [5.41, 5.74) is -0.631. The Morgan fingerprint density at radius 1 is 1.79 bits per heavy atom. The predicted octanol–water partition coefficient (Wildman–Crippen LogP) is -0.0761. The van der Waals surface area contributed by atoms with Crippen LogP contribution in [0.4, 0.5) is 0 Å². The summed E-state index contributed by atoms with van der Waals surface area (Å²) in [6.07, 6.45) is -0.0800. The van der Waals surface area contributed by atoms with Gasteiger partial charge in [0, 0.05) is 4.92 Å². The van der Waals surface area contributed by atoms with Crippen LogP contribution in [-0.4, -0.2) is 36.3 Å². The average Bonchev–Trinajstić information content (AvgIpc) is 2.08. The molecule has 0 spiro atoms. The van der Waals surface area contributed by atoms with Crippen molar-refractivity contribution in [3.05, 3.63) is 10.1 Å². The van der Waals surface area contributed by atoms with E-state index in [1.54, 1.807) is 0 Å². The fourth-order valence-corrected chi connectivity index (χ4v) is 1.64. The Morgan fingerprint density at radius 2 is 2.43 bits per heavy atom. The van der Waals surface area contributed by atoms with E-state index in [0.29, 0.717) is 19.8 Å². The lowest BCUT2D eigenvalue weighted by Crippen LogP contribution is -2.69. The molecule has 0 aromatic heterocycles. The van der Waals surface area contributed by atoms with E-state index in [9.17, 15) is 10.1 Å². The number of rotatable bonds is 5. The van der Waals surface area contributed by atoms with Crippen LogP contribution in [0.5, 0.6) is 0 Å². The molecule has 1 aliphatic heterocycles. The number of hydrogen-bond acceptors (Lipinski definition) is 5. The zero-order valence-electron chi connectivity index (χ0n) is 8.02. The number of likely N-dealkylation sites (N-methyl/N-ethyl adjacent to an activating group) is 1. The van der Waals surface area contributed by atoms with Gasteiger partial charge in [0.1, 0.15) is 12.0 Å². The summed E-state index contributed by atoms with van der Waals surface area (Å²) in [4.78, 5) is 10.4. The number of nitrogens with one attached hydrogen (secondary N) is 1. The minimum absolute atomic E-state index is 0.0800. The average molecular weight is 199 g/mol. The third kappa shape index (κ3) is 1.84. The van der Waals surface area contributed by atoms with E-state index < -0.39 is 16.5 Å². The van der Waals surface area contributed by atoms with E-state index in [-0.39, 0.29) is 6.42 Å². The maximum Gasteiger partial charge on any atom is 0.248 e. The lowest BCUT2D eigenvalue weighted by molar-refractivity contribution is -0.542. The Kier molecular flexibility index (Phi) is 3.38. The molecule has 1 saturated heterocycles. The maximum atomic E-state index is 10.8. The molecule has 6 heteroatoms. The van der Waals surface area contributed by atoms with E-state index >= 15 is 0 Å². The van der Waals surface area contributed by atoms with Crippen LogP contribution in [-0.2, 0) is 4.74 Å². The molecule has 0 aliphatic carbocycles. The van der Waals surface area contributed by atoms with Gasteiger partial charge in [0.2, 0.25) is 6.04 Å². The molecule has 0 amide bonds.